The summed E-state index contributed by atoms with van der Waals surface area (Å²) in [5.41, 5.74) is 1.66. The van der Waals surface area contributed by atoms with Gasteiger partial charge in [-0.3, -0.25) is 14.2 Å². The van der Waals surface area contributed by atoms with E-state index in [0.717, 1.165) is 0 Å². The number of hydrogen-bond acceptors (Lipinski definition) is 9. The van der Waals surface area contributed by atoms with Crippen molar-refractivity contribution in [2.75, 3.05) is 6.61 Å². The molecule has 0 saturated carbocycles. The van der Waals surface area contributed by atoms with Crippen LogP contribution in [-0.4, -0.2) is 67.6 Å². The predicted molar refractivity (Wildman–Crippen MR) is 162 cm³/mol. The average molecular weight is 620 g/mol. The van der Waals surface area contributed by atoms with Gasteiger partial charge in [0.15, 0.2) is 28.7 Å². The lowest BCUT2D eigenvalue weighted by molar-refractivity contribution is -0.199. The zero-order chi connectivity index (χ0) is 31.8. The van der Waals surface area contributed by atoms with Gasteiger partial charge in [-0.1, -0.05) is 54.6 Å². The minimum Gasteiger partial charge on any atom is -0.459 e. The number of carbonyl (C=O) groups is 3. The average Bonchev–Trinajstić information content (AvgIpc) is 3.75. The molecule has 1 amide bonds. The van der Waals surface area contributed by atoms with E-state index in [1.165, 1.54) is 17.2 Å². The van der Waals surface area contributed by atoms with Crippen molar-refractivity contribution in [3.05, 3.63) is 126 Å². The van der Waals surface area contributed by atoms with Crippen LogP contribution in [0.5, 0.6) is 0 Å². The first kappa shape index (κ1) is 29.4. The zero-order valence-corrected chi connectivity index (χ0v) is 24.9. The molecule has 232 valence electrons. The molecule has 2 aliphatic rings. The molecule has 2 aliphatic heterocycles. The Labute approximate surface area is 262 Å². The topological polar surface area (TPSA) is 136 Å². The Hall–Kier alpha value is -5.30. The van der Waals surface area contributed by atoms with Crippen molar-refractivity contribution in [2.45, 2.75) is 44.2 Å². The lowest BCUT2D eigenvalue weighted by Gasteiger charge is -2.24. The number of fused-ring (bicyclic) bond motifs is 2. The highest BCUT2D eigenvalue weighted by atomic mass is 16.8. The highest BCUT2D eigenvalue weighted by Crippen LogP contribution is 2.43. The second-order valence-corrected chi connectivity index (χ2v) is 11.3. The molecule has 0 spiro atoms. The van der Waals surface area contributed by atoms with Crippen LogP contribution < -0.4 is 5.49 Å². The van der Waals surface area contributed by atoms with Crippen LogP contribution in [0.25, 0.3) is 11.2 Å². The van der Waals surface area contributed by atoms with Crippen LogP contribution >= 0.6 is 0 Å². The standard InChI is InChI=1S/C34H29N5O7/c1-34(2)45-26-24(18-43-33(42)23-16-10-5-11-17-23)44-32(27(26)46-34)39-19-35-25-28(39)36-20-38(31(41)22-14-8-4-9-15-22)29(25)37-30(40)21-12-6-3-7-13-21/h3-17,19-20,24,26-27,32H,18H2,1-2H3/t24-,26+,27+,32-/m0/s1. The molecule has 7 rings (SSSR count). The largest absolute Gasteiger partial charge is 0.459 e. The van der Waals surface area contributed by atoms with Gasteiger partial charge in [-0.2, -0.15) is 4.99 Å². The number of rotatable bonds is 6. The number of esters is 1. The summed E-state index contributed by atoms with van der Waals surface area (Å²) in [5.74, 6) is -2.41. The SMILES string of the molecule is CC1(C)O[C@@H]2[C@H](O1)[C@H](COC(=O)c1ccccc1)O[C@@H]2n1cnc2c(=NC(=O)c3ccccc3)n(C(=O)c3ccccc3)cnc21. The minimum atomic E-state index is -0.934. The quantitative estimate of drug-likeness (QED) is 0.259. The number of imidazole rings is 1. The number of carbonyl (C=O) groups excluding carboxylic acids is 3. The molecule has 2 fully saturated rings. The summed E-state index contributed by atoms with van der Waals surface area (Å²) in [6, 6.07) is 25.8. The summed E-state index contributed by atoms with van der Waals surface area (Å²) in [4.78, 5) is 53.0. The minimum absolute atomic E-state index is 0.0123. The summed E-state index contributed by atoms with van der Waals surface area (Å²) in [5, 5.41) is 0. The maximum atomic E-state index is 13.6. The van der Waals surface area contributed by atoms with Crippen molar-refractivity contribution < 1.29 is 33.3 Å². The van der Waals surface area contributed by atoms with Crippen LogP contribution in [0.3, 0.4) is 0 Å². The van der Waals surface area contributed by atoms with Gasteiger partial charge in [0.05, 0.1) is 11.9 Å². The molecule has 3 aromatic carbocycles. The van der Waals surface area contributed by atoms with Crippen LogP contribution in [0, 0.1) is 0 Å². The van der Waals surface area contributed by atoms with E-state index in [0.29, 0.717) is 22.3 Å². The molecule has 12 heteroatoms. The monoisotopic (exact) mass is 619 g/mol. The zero-order valence-electron chi connectivity index (χ0n) is 24.9. The van der Waals surface area contributed by atoms with Crippen molar-refractivity contribution >= 4 is 28.9 Å². The van der Waals surface area contributed by atoms with E-state index < -0.39 is 48.1 Å². The lowest BCUT2D eigenvalue weighted by atomic mass is 10.1. The van der Waals surface area contributed by atoms with Gasteiger partial charge < -0.3 is 18.9 Å². The molecule has 0 bridgehead atoms. The van der Waals surface area contributed by atoms with Gasteiger partial charge in [0.1, 0.15) is 31.2 Å². The first-order valence-corrected chi connectivity index (χ1v) is 14.7. The van der Waals surface area contributed by atoms with Crippen molar-refractivity contribution in [3.63, 3.8) is 0 Å². The molecule has 0 radical (unpaired) electrons. The smallest absolute Gasteiger partial charge is 0.338 e. The van der Waals surface area contributed by atoms with E-state index in [2.05, 4.69) is 15.0 Å². The van der Waals surface area contributed by atoms with Crippen LogP contribution in [-0.2, 0) is 18.9 Å². The molecule has 0 aliphatic carbocycles. The Morgan fingerprint density at radius 2 is 1.41 bits per heavy atom. The summed E-state index contributed by atoms with van der Waals surface area (Å²) >= 11 is 0. The predicted octanol–water partition coefficient (Wildman–Crippen LogP) is 3.94. The van der Waals surface area contributed by atoms with Gasteiger partial charge in [0.2, 0.25) is 0 Å². The molecule has 4 atom stereocenters. The second kappa shape index (κ2) is 11.9. The Balaban J connectivity index is 1.27. The molecule has 0 unspecified atom stereocenters. The fourth-order valence-electron chi connectivity index (χ4n) is 5.66. The third-order valence-electron chi connectivity index (χ3n) is 7.76. The normalized spacial score (nSPS) is 22.1. The molecule has 2 aromatic heterocycles. The van der Waals surface area contributed by atoms with Gasteiger partial charge in [-0.25, -0.2) is 19.3 Å². The summed E-state index contributed by atoms with van der Waals surface area (Å²) in [6.07, 6.45) is 0.170. The van der Waals surface area contributed by atoms with Crippen LogP contribution in [0.1, 0.15) is 51.1 Å². The fourth-order valence-corrected chi connectivity index (χ4v) is 5.66. The molecule has 2 saturated heterocycles. The molecule has 46 heavy (non-hydrogen) atoms. The van der Waals surface area contributed by atoms with E-state index in [9.17, 15) is 14.4 Å². The summed E-state index contributed by atoms with van der Waals surface area (Å²) < 4.78 is 27.3. The first-order chi connectivity index (χ1) is 22.3. The maximum absolute atomic E-state index is 13.6. The van der Waals surface area contributed by atoms with Crippen molar-refractivity contribution in [1.82, 2.24) is 19.1 Å². The van der Waals surface area contributed by atoms with E-state index in [1.54, 1.807) is 103 Å². The molecule has 5 aromatic rings. The van der Waals surface area contributed by atoms with Gasteiger partial charge in [0, 0.05) is 11.1 Å². The van der Waals surface area contributed by atoms with E-state index in [4.69, 9.17) is 18.9 Å². The summed E-state index contributed by atoms with van der Waals surface area (Å²) in [7, 11) is 0. The Bertz CT molecular complexity index is 1990. The van der Waals surface area contributed by atoms with Gasteiger partial charge in [-0.15, -0.1) is 0 Å². The Morgan fingerprint density at radius 1 is 0.804 bits per heavy atom. The van der Waals surface area contributed by atoms with Crippen molar-refractivity contribution in [2.24, 2.45) is 4.99 Å². The number of aromatic nitrogens is 4. The fraction of sp³-hybridized carbons (Fsp3) is 0.235. The number of nitrogens with zero attached hydrogens (tertiary/aromatic N) is 5. The summed E-state index contributed by atoms with van der Waals surface area (Å²) in [6.45, 7) is 3.51. The molecule has 0 N–H and O–H groups in total. The van der Waals surface area contributed by atoms with Gasteiger partial charge in [-0.05, 0) is 50.2 Å². The maximum Gasteiger partial charge on any atom is 0.338 e. The highest BCUT2D eigenvalue weighted by Gasteiger charge is 2.56. The van der Waals surface area contributed by atoms with Crippen molar-refractivity contribution in [1.29, 1.82) is 0 Å². The number of ether oxygens (including phenoxy) is 4. The molecule has 4 heterocycles. The van der Waals surface area contributed by atoms with Gasteiger partial charge in [0.25, 0.3) is 11.8 Å². The van der Waals surface area contributed by atoms with Crippen LogP contribution in [0.2, 0.25) is 0 Å². The number of benzene rings is 3. The molecular formula is C34H29N5O7. The molecule has 12 nitrogen and oxygen atoms in total. The third kappa shape index (κ3) is 5.53. The molecular weight excluding hydrogens is 590 g/mol. The second-order valence-electron chi connectivity index (χ2n) is 11.3. The Morgan fingerprint density at radius 3 is 2.09 bits per heavy atom. The third-order valence-corrected chi connectivity index (χ3v) is 7.76. The van der Waals surface area contributed by atoms with E-state index in [-0.39, 0.29) is 17.6 Å². The van der Waals surface area contributed by atoms with Crippen molar-refractivity contribution in [3.8, 4) is 0 Å². The van der Waals surface area contributed by atoms with Crippen LogP contribution in [0.15, 0.2) is 109 Å². The lowest BCUT2D eigenvalue weighted by Crippen LogP contribution is -2.33. The highest BCUT2D eigenvalue weighted by molar-refractivity contribution is 5.98. The first-order valence-electron chi connectivity index (χ1n) is 14.7. The van der Waals surface area contributed by atoms with E-state index in [1.807, 2.05) is 6.07 Å². The van der Waals surface area contributed by atoms with Crippen LogP contribution in [0.4, 0.5) is 0 Å². The number of hydrogen-bond donors (Lipinski definition) is 0. The number of amides is 1. The Kier molecular flexibility index (Phi) is 7.61. The van der Waals surface area contributed by atoms with Gasteiger partial charge >= 0.3 is 5.97 Å². The van der Waals surface area contributed by atoms with E-state index >= 15 is 0 Å².